The standard InChI is InChI=1S/C13H28N2/c1-13(2)7-9-14-8-3-4-10-15-11-5-6-12-15/h13-14H,3-12H2,1-2H3. The minimum atomic E-state index is 0.835. The summed E-state index contributed by atoms with van der Waals surface area (Å²) in [7, 11) is 0. The van der Waals surface area contributed by atoms with E-state index in [1.54, 1.807) is 0 Å². The second-order valence-corrected chi connectivity index (χ2v) is 5.19. The van der Waals surface area contributed by atoms with Crippen LogP contribution in [0.15, 0.2) is 0 Å². The third kappa shape index (κ3) is 6.91. The number of hydrogen-bond donors (Lipinski definition) is 1. The van der Waals surface area contributed by atoms with Crippen molar-refractivity contribution in [3.63, 3.8) is 0 Å². The maximum absolute atomic E-state index is 3.52. The van der Waals surface area contributed by atoms with Crippen LogP contribution in [0.1, 0.15) is 46.0 Å². The summed E-state index contributed by atoms with van der Waals surface area (Å²) in [6.07, 6.45) is 6.87. The van der Waals surface area contributed by atoms with Gasteiger partial charge in [0.15, 0.2) is 0 Å². The Morgan fingerprint density at radius 3 is 2.47 bits per heavy atom. The highest BCUT2D eigenvalue weighted by Crippen LogP contribution is 2.07. The molecule has 0 atom stereocenters. The fraction of sp³-hybridized carbons (Fsp3) is 1.00. The van der Waals surface area contributed by atoms with Crippen LogP contribution >= 0.6 is 0 Å². The lowest BCUT2D eigenvalue weighted by Gasteiger charge is -2.14. The zero-order chi connectivity index (χ0) is 10.9. The van der Waals surface area contributed by atoms with Gasteiger partial charge in [-0.1, -0.05) is 13.8 Å². The van der Waals surface area contributed by atoms with Crippen molar-refractivity contribution >= 4 is 0 Å². The zero-order valence-corrected chi connectivity index (χ0v) is 10.6. The third-order valence-corrected chi connectivity index (χ3v) is 3.18. The molecule has 1 aliphatic rings. The van der Waals surface area contributed by atoms with Crippen molar-refractivity contribution in [2.75, 3.05) is 32.7 Å². The fourth-order valence-corrected chi connectivity index (χ4v) is 2.11. The number of likely N-dealkylation sites (tertiary alicyclic amines) is 1. The van der Waals surface area contributed by atoms with Crippen molar-refractivity contribution in [3.05, 3.63) is 0 Å². The Morgan fingerprint density at radius 1 is 1.07 bits per heavy atom. The molecule has 0 radical (unpaired) electrons. The third-order valence-electron chi connectivity index (χ3n) is 3.18. The molecule has 0 bridgehead atoms. The van der Waals surface area contributed by atoms with E-state index >= 15 is 0 Å². The first-order valence-corrected chi connectivity index (χ1v) is 6.72. The molecule has 0 aromatic heterocycles. The summed E-state index contributed by atoms with van der Waals surface area (Å²) in [6.45, 7) is 11.0. The summed E-state index contributed by atoms with van der Waals surface area (Å²) in [5, 5.41) is 3.52. The Balaban J connectivity index is 1.76. The van der Waals surface area contributed by atoms with Gasteiger partial charge in [-0.25, -0.2) is 0 Å². The van der Waals surface area contributed by atoms with Gasteiger partial charge in [-0.3, -0.25) is 0 Å². The summed E-state index contributed by atoms with van der Waals surface area (Å²) in [5.41, 5.74) is 0. The van der Waals surface area contributed by atoms with Gasteiger partial charge in [0.05, 0.1) is 0 Å². The molecule has 1 saturated heterocycles. The molecule has 90 valence electrons. The lowest BCUT2D eigenvalue weighted by Crippen LogP contribution is -2.22. The maximum atomic E-state index is 3.52. The molecular formula is C13H28N2. The highest BCUT2D eigenvalue weighted by molar-refractivity contribution is 4.65. The molecule has 0 aliphatic carbocycles. The average molecular weight is 212 g/mol. The topological polar surface area (TPSA) is 15.3 Å². The van der Waals surface area contributed by atoms with E-state index in [9.17, 15) is 0 Å². The van der Waals surface area contributed by atoms with Crippen LogP contribution in [0.4, 0.5) is 0 Å². The van der Waals surface area contributed by atoms with Gasteiger partial charge in [0.2, 0.25) is 0 Å². The minimum Gasteiger partial charge on any atom is -0.317 e. The lowest BCUT2D eigenvalue weighted by atomic mass is 10.1. The quantitative estimate of drug-likeness (QED) is 0.622. The van der Waals surface area contributed by atoms with Gasteiger partial charge in [-0.2, -0.15) is 0 Å². The Labute approximate surface area is 95.4 Å². The lowest BCUT2D eigenvalue weighted by molar-refractivity contribution is 0.329. The first kappa shape index (κ1) is 13.0. The zero-order valence-electron chi connectivity index (χ0n) is 10.6. The molecule has 0 saturated carbocycles. The van der Waals surface area contributed by atoms with Gasteiger partial charge in [-0.05, 0) is 70.7 Å². The van der Waals surface area contributed by atoms with Gasteiger partial charge < -0.3 is 10.2 Å². The molecule has 0 aromatic rings. The van der Waals surface area contributed by atoms with Crippen molar-refractivity contribution in [2.45, 2.75) is 46.0 Å². The van der Waals surface area contributed by atoms with E-state index in [1.807, 2.05) is 0 Å². The second-order valence-electron chi connectivity index (χ2n) is 5.19. The predicted molar refractivity (Wildman–Crippen MR) is 67.2 cm³/mol. The molecule has 1 fully saturated rings. The van der Waals surface area contributed by atoms with E-state index in [2.05, 4.69) is 24.1 Å². The molecule has 0 unspecified atom stereocenters. The van der Waals surface area contributed by atoms with E-state index in [0.29, 0.717) is 0 Å². The van der Waals surface area contributed by atoms with Crippen molar-refractivity contribution < 1.29 is 0 Å². The Hall–Kier alpha value is -0.0800. The number of nitrogens with zero attached hydrogens (tertiary/aromatic N) is 1. The summed E-state index contributed by atoms with van der Waals surface area (Å²) < 4.78 is 0. The van der Waals surface area contributed by atoms with Crippen LogP contribution in [0.25, 0.3) is 0 Å². The highest BCUT2D eigenvalue weighted by atomic mass is 15.1. The summed E-state index contributed by atoms with van der Waals surface area (Å²) in [5.74, 6) is 0.835. The smallest absolute Gasteiger partial charge is 0.00183 e. The van der Waals surface area contributed by atoms with E-state index in [0.717, 1.165) is 5.92 Å². The van der Waals surface area contributed by atoms with Crippen LogP contribution in [0.3, 0.4) is 0 Å². The fourth-order valence-electron chi connectivity index (χ4n) is 2.11. The molecule has 0 spiro atoms. The van der Waals surface area contributed by atoms with Crippen LogP contribution in [-0.2, 0) is 0 Å². The van der Waals surface area contributed by atoms with Crippen molar-refractivity contribution in [3.8, 4) is 0 Å². The Kier molecular flexibility index (Phi) is 7.03. The van der Waals surface area contributed by atoms with Gasteiger partial charge in [0.25, 0.3) is 0 Å². The molecule has 1 N–H and O–H groups in total. The SMILES string of the molecule is CC(C)CCNCCCCN1CCCC1. The molecule has 1 rings (SSSR count). The van der Waals surface area contributed by atoms with Crippen LogP contribution in [0.5, 0.6) is 0 Å². The van der Waals surface area contributed by atoms with E-state index in [-0.39, 0.29) is 0 Å². The number of unbranched alkanes of at least 4 members (excludes halogenated alkanes) is 1. The van der Waals surface area contributed by atoms with Gasteiger partial charge in [0, 0.05) is 0 Å². The Morgan fingerprint density at radius 2 is 1.80 bits per heavy atom. The molecule has 15 heavy (non-hydrogen) atoms. The van der Waals surface area contributed by atoms with Gasteiger partial charge in [-0.15, -0.1) is 0 Å². The van der Waals surface area contributed by atoms with Gasteiger partial charge in [0.1, 0.15) is 0 Å². The molecule has 0 amide bonds. The number of hydrogen-bond acceptors (Lipinski definition) is 2. The average Bonchev–Trinajstić information content (AvgIpc) is 2.68. The number of rotatable bonds is 8. The van der Waals surface area contributed by atoms with Gasteiger partial charge >= 0.3 is 0 Å². The molecule has 1 heterocycles. The first-order valence-electron chi connectivity index (χ1n) is 6.72. The normalized spacial score (nSPS) is 17.8. The first-order chi connectivity index (χ1) is 7.29. The van der Waals surface area contributed by atoms with Crippen molar-refractivity contribution in [2.24, 2.45) is 5.92 Å². The minimum absolute atomic E-state index is 0.835. The maximum Gasteiger partial charge on any atom is -0.00183 e. The van der Waals surface area contributed by atoms with Crippen molar-refractivity contribution in [1.29, 1.82) is 0 Å². The summed E-state index contributed by atoms with van der Waals surface area (Å²) in [6, 6.07) is 0. The van der Waals surface area contributed by atoms with Crippen LogP contribution in [0.2, 0.25) is 0 Å². The van der Waals surface area contributed by atoms with Crippen LogP contribution in [-0.4, -0.2) is 37.6 Å². The highest BCUT2D eigenvalue weighted by Gasteiger charge is 2.09. The van der Waals surface area contributed by atoms with E-state index < -0.39 is 0 Å². The monoisotopic (exact) mass is 212 g/mol. The van der Waals surface area contributed by atoms with E-state index in [4.69, 9.17) is 0 Å². The van der Waals surface area contributed by atoms with E-state index in [1.165, 1.54) is 64.8 Å². The second kappa shape index (κ2) is 8.12. The molecule has 2 heteroatoms. The Bertz CT molecular complexity index is 139. The van der Waals surface area contributed by atoms with Crippen molar-refractivity contribution in [1.82, 2.24) is 10.2 Å². The molecule has 2 nitrogen and oxygen atoms in total. The summed E-state index contributed by atoms with van der Waals surface area (Å²) in [4.78, 5) is 2.61. The molecule has 0 aromatic carbocycles. The molecular weight excluding hydrogens is 184 g/mol. The van der Waals surface area contributed by atoms with Crippen LogP contribution < -0.4 is 5.32 Å². The summed E-state index contributed by atoms with van der Waals surface area (Å²) >= 11 is 0. The largest absolute Gasteiger partial charge is 0.317 e. The van der Waals surface area contributed by atoms with Crippen LogP contribution in [0, 0.1) is 5.92 Å². The predicted octanol–water partition coefficient (Wildman–Crippen LogP) is 2.50. The number of nitrogens with one attached hydrogen (secondary N) is 1. The molecule has 1 aliphatic heterocycles.